The van der Waals surface area contributed by atoms with Crippen molar-refractivity contribution in [1.82, 2.24) is 0 Å². The Morgan fingerprint density at radius 2 is 1.94 bits per heavy atom. The van der Waals surface area contributed by atoms with Crippen LogP contribution in [0.2, 0.25) is 0 Å². The summed E-state index contributed by atoms with van der Waals surface area (Å²) < 4.78 is 4.83. The molecule has 0 spiro atoms. The number of carbonyl (C=O) groups is 1. The lowest BCUT2D eigenvalue weighted by atomic mass is 9.83. The molecule has 0 amide bonds. The summed E-state index contributed by atoms with van der Waals surface area (Å²) in [5, 5.41) is 8.55. The van der Waals surface area contributed by atoms with Gasteiger partial charge in [0.15, 0.2) is 11.5 Å². The first kappa shape index (κ1) is 11.7. The predicted molar refractivity (Wildman–Crippen MR) is 63.6 cm³/mol. The number of hydrogen-bond acceptors (Lipinski definition) is 3. The van der Waals surface area contributed by atoms with Gasteiger partial charge in [-0.1, -0.05) is 31.4 Å². The first-order chi connectivity index (χ1) is 8.33. The summed E-state index contributed by atoms with van der Waals surface area (Å²) in [6.07, 6.45) is 7.01. The molecule has 0 aromatic heterocycles. The summed E-state index contributed by atoms with van der Waals surface area (Å²) in [6, 6.07) is 6.98. The topological polar surface area (TPSA) is 50.1 Å². The zero-order valence-electron chi connectivity index (χ0n) is 9.69. The SMILES string of the molecule is N#COc1ccccc1C(=O)C1CCCCC1. The molecule has 1 aromatic rings. The maximum absolute atomic E-state index is 12.3. The van der Waals surface area contributed by atoms with Crippen molar-refractivity contribution in [3.8, 4) is 12.0 Å². The number of nitriles is 1. The highest BCUT2D eigenvalue weighted by Crippen LogP contribution is 2.30. The number of ketones is 1. The molecule has 0 saturated heterocycles. The van der Waals surface area contributed by atoms with Crippen LogP contribution in [0, 0.1) is 17.4 Å². The lowest BCUT2D eigenvalue weighted by molar-refractivity contribution is 0.0887. The third kappa shape index (κ3) is 2.65. The van der Waals surface area contributed by atoms with Crippen molar-refractivity contribution < 1.29 is 9.53 Å². The molecule has 0 heterocycles. The summed E-state index contributed by atoms with van der Waals surface area (Å²) in [4.78, 5) is 12.3. The number of benzene rings is 1. The van der Waals surface area contributed by atoms with Crippen molar-refractivity contribution >= 4 is 5.78 Å². The van der Waals surface area contributed by atoms with E-state index in [1.807, 2.05) is 0 Å². The minimum Gasteiger partial charge on any atom is -0.387 e. The van der Waals surface area contributed by atoms with Crippen LogP contribution in [-0.4, -0.2) is 5.78 Å². The van der Waals surface area contributed by atoms with Gasteiger partial charge in [0, 0.05) is 5.92 Å². The van der Waals surface area contributed by atoms with Gasteiger partial charge in [-0.3, -0.25) is 4.79 Å². The zero-order valence-corrected chi connectivity index (χ0v) is 9.69. The number of carbonyl (C=O) groups excluding carboxylic acids is 1. The van der Waals surface area contributed by atoms with Crippen LogP contribution in [0.3, 0.4) is 0 Å². The molecule has 1 saturated carbocycles. The van der Waals surface area contributed by atoms with Crippen LogP contribution in [-0.2, 0) is 0 Å². The van der Waals surface area contributed by atoms with E-state index in [0.717, 1.165) is 25.7 Å². The van der Waals surface area contributed by atoms with Crippen LogP contribution in [0.5, 0.6) is 5.75 Å². The highest BCUT2D eigenvalue weighted by Gasteiger charge is 2.24. The molecule has 3 nitrogen and oxygen atoms in total. The molecule has 0 radical (unpaired) electrons. The molecular formula is C14H15NO2. The van der Waals surface area contributed by atoms with Crippen molar-refractivity contribution in [2.24, 2.45) is 5.92 Å². The van der Waals surface area contributed by atoms with Crippen molar-refractivity contribution in [2.75, 3.05) is 0 Å². The maximum Gasteiger partial charge on any atom is 0.292 e. The van der Waals surface area contributed by atoms with Gasteiger partial charge in [0.1, 0.15) is 0 Å². The fourth-order valence-electron chi connectivity index (χ4n) is 2.39. The molecule has 0 bridgehead atoms. The second-order valence-electron chi connectivity index (χ2n) is 4.39. The van der Waals surface area contributed by atoms with Crippen molar-refractivity contribution in [2.45, 2.75) is 32.1 Å². The summed E-state index contributed by atoms with van der Waals surface area (Å²) in [5.74, 6) is 0.605. The molecule has 17 heavy (non-hydrogen) atoms. The molecule has 1 fully saturated rings. The van der Waals surface area contributed by atoms with Gasteiger partial charge in [-0.25, -0.2) is 0 Å². The van der Waals surface area contributed by atoms with Gasteiger partial charge < -0.3 is 4.74 Å². The van der Waals surface area contributed by atoms with E-state index in [0.29, 0.717) is 11.3 Å². The minimum absolute atomic E-state index is 0.104. The van der Waals surface area contributed by atoms with Gasteiger partial charge >= 0.3 is 0 Å². The summed E-state index contributed by atoms with van der Waals surface area (Å²) in [6.45, 7) is 0. The monoisotopic (exact) mass is 229 g/mol. The normalized spacial score (nSPS) is 16.2. The van der Waals surface area contributed by atoms with Crippen LogP contribution in [0.25, 0.3) is 0 Å². The Morgan fingerprint density at radius 1 is 1.24 bits per heavy atom. The first-order valence-electron chi connectivity index (χ1n) is 6.02. The zero-order chi connectivity index (χ0) is 12.1. The van der Waals surface area contributed by atoms with Crippen molar-refractivity contribution in [3.63, 3.8) is 0 Å². The predicted octanol–water partition coefficient (Wildman–Crippen LogP) is 3.31. The Kier molecular flexibility index (Phi) is 3.77. The lowest BCUT2D eigenvalue weighted by Crippen LogP contribution is -2.18. The van der Waals surface area contributed by atoms with E-state index in [1.54, 1.807) is 30.5 Å². The van der Waals surface area contributed by atoms with Crippen LogP contribution in [0.15, 0.2) is 24.3 Å². The van der Waals surface area contributed by atoms with E-state index in [-0.39, 0.29) is 11.7 Å². The molecule has 1 aliphatic carbocycles. The van der Waals surface area contributed by atoms with Crippen LogP contribution >= 0.6 is 0 Å². The Bertz CT molecular complexity index is 442. The summed E-state index contributed by atoms with van der Waals surface area (Å²) in [5.41, 5.74) is 0.543. The second kappa shape index (κ2) is 5.49. The maximum atomic E-state index is 12.3. The van der Waals surface area contributed by atoms with E-state index in [2.05, 4.69) is 0 Å². The van der Waals surface area contributed by atoms with E-state index in [1.165, 1.54) is 6.42 Å². The third-order valence-corrected chi connectivity index (χ3v) is 3.28. The Labute approximate surface area is 101 Å². The summed E-state index contributed by atoms with van der Waals surface area (Å²) in [7, 11) is 0. The van der Waals surface area contributed by atoms with Crippen LogP contribution in [0.1, 0.15) is 42.5 Å². The second-order valence-corrected chi connectivity index (χ2v) is 4.39. The molecule has 2 rings (SSSR count). The van der Waals surface area contributed by atoms with Gasteiger partial charge in [-0.15, -0.1) is 5.26 Å². The largest absolute Gasteiger partial charge is 0.387 e. The summed E-state index contributed by atoms with van der Waals surface area (Å²) >= 11 is 0. The van der Waals surface area contributed by atoms with E-state index in [4.69, 9.17) is 10.00 Å². The first-order valence-corrected chi connectivity index (χ1v) is 6.02. The quantitative estimate of drug-likeness (QED) is 0.590. The fraction of sp³-hybridized carbons (Fsp3) is 0.429. The van der Waals surface area contributed by atoms with Crippen molar-refractivity contribution in [1.29, 1.82) is 5.26 Å². The smallest absolute Gasteiger partial charge is 0.292 e. The molecule has 1 aliphatic rings. The molecule has 3 heteroatoms. The van der Waals surface area contributed by atoms with E-state index < -0.39 is 0 Å². The van der Waals surface area contributed by atoms with Crippen molar-refractivity contribution in [3.05, 3.63) is 29.8 Å². The third-order valence-electron chi connectivity index (χ3n) is 3.28. The molecule has 1 aromatic carbocycles. The number of hydrogen-bond donors (Lipinski definition) is 0. The van der Waals surface area contributed by atoms with Gasteiger partial charge in [-0.05, 0) is 25.0 Å². The Morgan fingerprint density at radius 3 is 2.65 bits per heavy atom. The molecule has 0 unspecified atom stereocenters. The molecule has 0 atom stereocenters. The molecular weight excluding hydrogens is 214 g/mol. The Hall–Kier alpha value is -1.82. The van der Waals surface area contributed by atoms with Gasteiger partial charge in [0.2, 0.25) is 0 Å². The highest BCUT2D eigenvalue weighted by molar-refractivity contribution is 6.00. The number of nitrogens with zero attached hydrogens (tertiary/aromatic N) is 1. The average Bonchev–Trinajstić information content (AvgIpc) is 2.40. The number of Topliss-reactive ketones (excluding diaryl/α,β-unsaturated/α-hetero) is 1. The van der Waals surface area contributed by atoms with Crippen LogP contribution in [0.4, 0.5) is 0 Å². The van der Waals surface area contributed by atoms with Gasteiger partial charge in [0.25, 0.3) is 6.26 Å². The lowest BCUT2D eigenvalue weighted by Gasteiger charge is -2.20. The molecule has 0 N–H and O–H groups in total. The fourth-order valence-corrected chi connectivity index (χ4v) is 2.39. The molecule has 0 aliphatic heterocycles. The number of rotatable bonds is 3. The van der Waals surface area contributed by atoms with E-state index >= 15 is 0 Å². The highest BCUT2D eigenvalue weighted by atomic mass is 16.5. The molecule has 88 valence electrons. The van der Waals surface area contributed by atoms with Crippen LogP contribution < -0.4 is 4.74 Å². The Balaban J connectivity index is 2.20. The average molecular weight is 229 g/mol. The minimum atomic E-state index is 0.104. The van der Waals surface area contributed by atoms with Gasteiger partial charge in [-0.2, -0.15) is 0 Å². The number of ether oxygens (including phenoxy) is 1. The standard InChI is InChI=1S/C14H15NO2/c15-10-17-13-9-5-4-8-12(13)14(16)11-6-2-1-3-7-11/h4-5,8-9,11H,1-3,6-7H2. The van der Waals surface area contributed by atoms with E-state index in [9.17, 15) is 4.79 Å². The van der Waals surface area contributed by atoms with Gasteiger partial charge in [0.05, 0.1) is 5.56 Å². The number of para-hydroxylation sites is 1.